The molecule has 1 atom stereocenters. The third-order valence-corrected chi connectivity index (χ3v) is 3.61. The summed E-state index contributed by atoms with van der Waals surface area (Å²) in [6.07, 6.45) is 4.71. The van der Waals surface area contributed by atoms with Crippen LogP contribution in [0, 0.1) is 0 Å². The van der Waals surface area contributed by atoms with Crippen molar-refractivity contribution in [1.29, 1.82) is 0 Å². The molecule has 0 aliphatic heterocycles. The van der Waals surface area contributed by atoms with Crippen LogP contribution in [0.15, 0.2) is 16.9 Å². The Kier molecular flexibility index (Phi) is 1.86. The van der Waals surface area contributed by atoms with Crippen molar-refractivity contribution in [2.24, 2.45) is 0 Å². The Labute approximate surface area is 75.2 Å². The van der Waals surface area contributed by atoms with E-state index in [1.54, 1.807) is 12.5 Å². The molecule has 0 aliphatic carbocycles. The van der Waals surface area contributed by atoms with Crippen LogP contribution in [0.1, 0.15) is 0 Å². The molecule has 4 nitrogen and oxygen atoms in total. The second-order valence-corrected chi connectivity index (χ2v) is 4.73. The molecule has 12 heavy (non-hydrogen) atoms. The molecule has 0 N–H and O–H groups in total. The fourth-order valence-electron chi connectivity index (χ4n) is 0.793. The summed E-state index contributed by atoms with van der Waals surface area (Å²) in [5.41, 5.74) is 0.625. The molecular weight excluding hydrogens is 194 g/mol. The van der Waals surface area contributed by atoms with Crippen molar-refractivity contribution in [3.63, 3.8) is 0 Å². The van der Waals surface area contributed by atoms with E-state index in [2.05, 4.69) is 15.0 Å². The molecule has 0 saturated heterocycles. The highest BCUT2D eigenvalue weighted by atomic mass is 32.2. The average molecular weight is 199 g/mol. The van der Waals surface area contributed by atoms with Gasteiger partial charge in [0.25, 0.3) is 0 Å². The van der Waals surface area contributed by atoms with E-state index in [1.165, 1.54) is 17.7 Å². The van der Waals surface area contributed by atoms with E-state index < -0.39 is 10.8 Å². The van der Waals surface area contributed by atoms with E-state index in [0.717, 1.165) is 4.70 Å². The zero-order chi connectivity index (χ0) is 8.55. The highest BCUT2D eigenvalue weighted by Gasteiger charge is 2.06. The van der Waals surface area contributed by atoms with Crippen molar-refractivity contribution in [1.82, 2.24) is 15.0 Å². The minimum atomic E-state index is -1.02. The Balaban J connectivity index is 2.70. The number of thiazole rings is 1. The Morgan fingerprint density at radius 1 is 1.58 bits per heavy atom. The summed E-state index contributed by atoms with van der Waals surface area (Å²) in [5.74, 6) is 0. The van der Waals surface area contributed by atoms with Crippen LogP contribution in [0.4, 0.5) is 0 Å². The fourth-order valence-corrected chi connectivity index (χ4v) is 2.37. The normalized spacial score (nSPS) is 13.4. The maximum Gasteiger partial charge on any atom is 0.183 e. The molecule has 0 amide bonds. The third kappa shape index (κ3) is 1.23. The van der Waals surface area contributed by atoms with Gasteiger partial charge in [-0.05, 0) is 0 Å². The van der Waals surface area contributed by atoms with Crippen molar-refractivity contribution >= 4 is 32.5 Å². The first-order valence-corrected chi connectivity index (χ1v) is 5.55. The molecule has 1 unspecified atom stereocenters. The van der Waals surface area contributed by atoms with Crippen molar-refractivity contribution < 1.29 is 4.21 Å². The molecule has 0 bridgehead atoms. The molecule has 0 aliphatic rings. The molecule has 0 fully saturated rings. The molecule has 0 saturated carbocycles. The van der Waals surface area contributed by atoms with Gasteiger partial charge in [-0.3, -0.25) is 4.21 Å². The van der Waals surface area contributed by atoms with Crippen molar-refractivity contribution in [3.8, 4) is 0 Å². The number of hydrogen-bond donors (Lipinski definition) is 0. The van der Waals surface area contributed by atoms with Crippen LogP contribution in [-0.2, 0) is 10.8 Å². The predicted octanol–water partition coefficient (Wildman–Crippen LogP) is 0.824. The fraction of sp³-hybridized carbons (Fsp3) is 0.167. The lowest BCUT2D eigenvalue weighted by molar-refractivity contribution is 0.686. The summed E-state index contributed by atoms with van der Waals surface area (Å²) in [7, 11) is -1.02. The van der Waals surface area contributed by atoms with E-state index in [9.17, 15) is 4.21 Å². The topological polar surface area (TPSA) is 55.7 Å². The van der Waals surface area contributed by atoms with Gasteiger partial charge in [-0.25, -0.2) is 15.0 Å². The lowest BCUT2D eigenvalue weighted by Gasteiger charge is -1.80. The van der Waals surface area contributed by atoms with E-state index in [0.29, 0.717) is 9.99 Å². The monoisotopic (exact) mass is 199 g/mol. The summed E-state index contributed by atoms with van der Waals surface area (Å²) in [6, 6.07) is 0. The summed E-state index contributed by atoms with van der Waals surface area (Å²) in [5, 5.41) is 0. The zero-order valence-corrected chi connectivity index (χ0v) is 7.85. The smallest absolute Gasteiger partial charge is 0.183 e. The first-order valence-electron chi connectivity index (χ1n) is 3.17. The van der Waals surface area contributed by atoms with Crippen LogP contribution in [0.2, 0.25) is 0 Å². The van der Waals surface area contributed by atoms with Gasteiger partial charge in [0.15, 0.2) is 9.99 Å². The largest absolute Gasteiger partial charge is 0.252 e. The molecule has 0 spiro atoms. The molecule has 2 aromatic rings. The predicted molar refractivity (Wildman–Crippen MR) is 47.5 cm³/mol. The van der Waals surface area contributed by atoms with E-state index in [1.807, 2.05) is 0 Å². The zero-order valence-electron chi connectivity index (χ0n) is 6.22. The van der Waals surface area contributed by atoms with Crippen molar-refractivity contribution in [3.05, 3.63) is 12.5 Å². The van der Waals surface area contributed by atoms with Gasteiger partial charge in [0.05, 0.1) is 15.5 Å². The van der Waals surface area contributed by atoms with Gasteiger partial charge < -0.3 is 0 Å². The van der Waals surface area contributed by atoms with Crippen molar-refractivity contribution in [2.75, 3.05) is 6.26 Å². The molecule has 2 rings (SSSR count). The molecule has 0 aromatic carbocycles. The Morgan fingerprint density at radius 3 is 3.08 bits per heavy atom. The Morgan fingerprint density at radius 2 is 2.42 bits per heavy atom. The van der Waals surface area contributed by atoms with Gasteiger partial charge in [0.2, 0.25) is 0 Å². The number of fused-ring (bicyclic) bond motifs is 1. The summed E-state index contributed by atoms with van der Waals surface area (Å²) in [4.78, 5) is 11.9. The Bertz CT molecular complexity index is 406. The lowest BCUT2D eigenvalue weighted by Crippen LogP contribution is -1.84. The molecule has 0 radical (unpaired) electrons. The number of aromatic nitrogens is 3. The highest BCUT2D eigenvalue weighted by molar-refractivity contribution is 7.86. The van der Waals surface area contributed by atoms with Crippen molar-refractivity contribution in [2.45, 2.75) is 4.34 Å². The van der Waals surface area contributed by atoms with Crippen LogP contribution >= 0.6 is 11.3 Å². The second kappa shape index (κ2) is 2.87. The molecule has 62 valence electrons. The quantitative estimate of drug-likeness (QED) is 0.682. The maximum absolute atomic E-state index is 11.0. The standard InChI is InChI=1S/C6H5N3OS2/c1-12(10)6-9-5-4(11-6)2-7-3-8-5/h2-3H,1H3. The minimum absolute atomic E-state index is 0.602. The molecule has 2 heterocycles. The van der Waals surface area contributed by atoms with Gasteiger partial charge in [0, 0.05) is 12.5 Å². The van der Waals surface area contributed by atoms with Crippen LogP contribution in [0.3, 0.4) is 0 Å². The first kappa shape index (κ1) is 7.75. The lowest BCUT2D eigenvalue weighted by atomic mass is 10.6. The second-order valence-electron chi connectivity index (χ2n) is 2.14. The molecule has 6 heteroatoms. The third-order valence-electron chi connectivity index (χ3n) is 1.30. The summed E-state index contributed by atoms with van der Waals surface area (Å²) in [6.45, 7) is 0. The number of nitrogens with zero attached hydrogens (tertiary/aromatic N) is 3. The first-order chi connectivity index (χ1) is 5.77. The molecule has 2 aromatic heterocycles. The van der Waals surface area contributed by atoms with E-state index in [4.69, 9.17) is 0 Å². The van der Waals surface area contributed by atoms with E-state index >= 15 is 0 Å². The van der Waals surface area contributed by atoms with Crippen LogP contribution in [-0.4, -0.2) is 25.4 Å². The minimum Gasteiger partial charge on any atom is -0.252 e. The Hall–Kier alpha value is -0.880. The SMILES string of the molecule is CS(=O)c1nc2ncncc2s1. The van der Waals surface area contributed by atoms with Gasteiger partial charge in [-0.15, -0.1) is 11.3 Å². The van der Waals surface area contributed by atoms with E-state index in [-0.39, 0.29) is 0 Å². The summed E-state index contributed by atoms with van der Waals surface area (Å²) < 4.78 is 12.5. The average Bonchev–Trinajstić information content (AvgIpc) is 2.46. The number of hydrogen-bond acceptors (Lipinski definition) is 5. The van der Waals surface area contributed by atoms with Gasteiger partial charge in [-0.1, -0.05) is 0 Å². The maximum atomic E-state index is 11.0. The molecular formula is C6H5N3OS2. The summed E-state index contributed by atoms with van der Waals surface area (Å²) >= 11 is 1.37. The van der Waals surface area contributed by atoms with Gasteiger partial charge in [-0.2, -0.15) is 0 Å². The van der Waals surface area contributed by atoms with Gasteiger partial charge >= 0.3 is 0 Å². The van der Waals surface area contributed by atoms with Crippen LogP contribution in [0.5, 0.6) is 0 Å². The van der Waals surface area contributed by atoms with Crippen LogP contribution < -0.4 is 0 Å². The number of rotatable bonds is 1. The van der Waals surface area contributed by atoms with Crippen LogP contribution in [0.25, 0.3) is 10.3 Å². The highest BCUT2D eigenvalue weighted by Crippen LogP contribution is 2.20. The van der Waals surface area contributed by atoms with Gasteiger partial charge in [0.1, 0.15) is 6.33 Å².